The lowest BCUT2D eigenvalue weighted by molar-refractivity contribution is 0.103. The average Bonchev–Trinajstić information content (AvgIpc) is 2.74. The number of aromatic hydroxyl groups is 2. The highest BCUT2D eigenvalue weighted by Gasteiger charge is 2.41. The third-order valence-corrected chi connectivity index (χ3v) is 6.37. The smallest absolute Gasteiger partial charge is 0.124 e. The van der Waals surface area contributed by atoms with Gasteiger partial charge in [0, 0.05) is 42.7 Å². The van der Waals surface area contributed by atoms with Gasteiger partial charge in [-0.2, -0.15) is 0 Å². The molecule has 0 amide bonds. The van der Waals surface area contributed by atoms with Gasteiger partial charge in [0.2, 0.25) is 0 Å². The number of methoxy groups -OCH3 is 1. The van der Waals surface area contributed by atoms with E-state index in [4.69, 9.17) is 9.73 Å². The molecule has 1 atom stereocenters. The summed E-state index contributed by atoms with van der Waals surface area (Å²) >= 11 is 0. The van der Waals surface area contributed by atoms with Crippen molar-refractivity contribution in [3.05, 3.63) is 53.6 Å². The highest BCUT2D eigenvalue weighted by Crippen LogP contribution is 2.39. The van der Waals surface area contributed by atoms with E-state index in [9.17, 15) is 10.2 Å². The highest BCUT2D eigenvalue weighted by atomic mass is 16.5. The van der Waals surface area contributed by atoms with Crippen LogP contribution >= 0.6 is 0 Å². The van der Waals surface area contributed by atoms with Crippen LogP contribution in [0.3, 0.4) is 0 Å². The molecule has 0 saturated carbocycles. The molecule has 2 aliphatic rings. The third-order valence-electron chi connectivity index (χ3n) is 6.37. The van der Waals surface area contributed by atoms with Gasteiger partial charge in [0.05, 0.1) is 12.8 Å². The lowest BCUT2D eigenvalue weighted by atomic mass is 9.87. The number of aliphatic imine (C=N–C) groups is 1. The van der Waals surface area contributed by atoms with Crippen LogP contribution in [-0.4, -0.2) is 52.7 Å². The number of hydrogen-bond acceptors (Lipinski definition) is 6. The molecule has 1 saturated heterocycles. The summed E-state index contributed by atoms with van der Waals surface area (Å²) in [5.74, 6) is 1.16. The first-order chi connectivity index (χ1) is 14.4. The van der Waals surface area contributed by atoms with Crippen molar-refractivity contribution in [2.24, 2.45) is 4.99 Å². The second kappa shape index (κ2) is 8.28. The van der Waals surface area contributed by atoms with Crippen molar-refractivity contribution < 1.29 is 14.9 Å². The van der Waals surface area contributed by atoms with Gasteiger partial charge in [0.15, 0.2) is 0 Å². The van der Waals surface area contributed by atoms with Gasteiger partial charge < -0.3 is 19.8 Å². The van der Waals surface area contributed by atoms with Gasteiger partial charge in [-0.1, -0.05) is 18.2 Å². The largest absolute Gasteiger partial charge is 0.508 e. The zero-order valence-corrected chi connectivity index (χ0v) is 17.9. The number of hydrogen-bond donors (Lipinski definition) is 3. The molecule has 1 unspecified atom stereocenters. The van der Waals surface area contributed by atoms with Crippen molar-refractivity contribution in [3.63, 3.8) is 0 Å². The molecule has 4 rings (SSSR count). The maximum atomic E-state index is 10.6. The van der Waals surface area contributed by atoms with Gasteiger partial charge in [-0.05, 0) is 51.0 Å². The Morgan fingerprint density at radius 3 is 2.50 bits per heavy atom. The van der Waals surface area contributed by atoms with Gasteiger partial charge in [0.25, 0.3) is 0 Å². The van der Waals surface area contributed by atoms with Crippen LogP contribution in [0.15, 0.2) is 47.5 Å². The van der Waals surface area contributed by atoms with Crippen LogP contribution in [0.5, 0.6) is 17.2 Å². The maximum absolute atomic E-state index is 10.6. The molecule has 0 radical (unpaired) electrons. The van der Waals surface area contributed by atoms with Crippen molar-refractivity contribution in [1.29, 1.82) is 0 Å². The summed E-state index contributed by atoms with van der Waals surface area (Å²) in [6.07, 6.45) is 2.33. The molecule has 0 aromatic heterocycles. The molecule has 3 N–H and O–H groups in total. The Kier molecular flexibility index (Phi) is 5.71. The number of benzene rings is 2. The Bertz CT molecular complexity index is 933. The quantitative estimate of drug-likeness (QED) is 0.715. The molecule has 2 aromatic rings. The predicted molar refractivity (Wildman–Crippen MR) is 118 cm³/mol. The second-order valence-corrected chi connectivity index (χ2v) is 8.56. The molecular formula is C24H31N3O3. The van der Waals surface area contributed by atoms with E-state index in [1.54, 1.807) is 25.3 Å². The lowest BCUT2D eigenvalue weighted by Crippen LogP contribution is -2.56. The Balaban J connectivity index is 1.74. The van der Waals surface area contributed by atoms with Gasteiger partial charge >= 0.3 is 0 Å². The number of nitrogens with zero attached hydrogens (tertiary/aromatic N) is 2. The van der Waals surface area contributed by atoms with E-state index in [-0.39, 0.29) is 17.5 Å². The minimum Gasteiger partial charge on any atom is -0.508 e. The SMILES string of the molecule is COc1ccc(O)c(C2=NC3(CCN(C(C)C)CC3)NC(c3ccccc3O)C2)c1. The molecule has 2 aromatic carbocycles. The topological polar surface area (TPSA) is 77.3 Å². The number of piperidine rings is 1. The summed E-state index contributed by atoms with van der Waals surface area (Å²) in [7, 11) is 1.62. The van der Waals surface area contributed by atoms with E-state index < -0.39 is 5.66 Å². The number of likely N-dealkylation sites (tertiary alicyclic amines) is 1. The minimum absolute atomic E-state index is 0.0881. The van der Waals surface area contributed by atoms with E-state index in [0.29, 0.717) is 23.8 Å². The molecule has 2 heterocycles. The Morgan fingerprint density at radius 2 is 1.83 bits per heavy atom. The molecule has 2 aliphatic heterocycles. The summed E-state index contributed by atoms with van der Waals surface area (Å²) < 4.78 is 5.38. The minimum atomic E-state index is -0.415. The fourth-order valence-electron chi connectivity index (χ4n) is 4.58. The first kappa shape index (κ1) is 20.7. The average molecular weight is 410 g/mol. The number of phenols is 2. The zero-order chi connectivity index (χ0) is 21.3. The molecule has 1 spiro atoms. The van der Waals surface area contributed by atoms with Gasteiger partial charge in [-0.3, -0.25) is 10.3 Å². The second-order valence-electron chi connectivity index (χ2n) is 8.56. The van der Waals surface area contributed by atoms with Crippen molar-refractivity contribution >= 4 is 5.71 Å². The Morgan fingerprint density at radius 1 is 1.10 bits per heavy atom. The van der Waals surface area contributed by atoms with E-state index in [2.05, 4.69) is 24.1 Å². The fourth-order valence-corrected chi connectivity index (χ4v) is 4.58. The number of ether oxygens (including phenoxy) is 1. The molecule has 0 aliphatic carbocycles. The van der Waals surface area contributed by atoms with Crippen LogP contribution in [0.4, 0.5) is 0 Å². The van der Waals surface area contributed by atoms with Crippen LogP contribution < -0.4 is 10.1 Å². The zero-order valence-electron chi connectivity index (χ0n) is 17.9. The fraction of sp³-hybridized carbons (Fsp3) is 0.458. The molecule has 0 bridgehead atoms. The summed E-state index contributed by atoms with van der Waals surface area (Å²) in [6.45, 7) is 6.36. The molecule has 30 heavy (non-hydrogen) atoms. The number of para-hydroxylation sites is 1. The monoisotopic (exact) mass is 409 g/mol. The molecule has 160 valence electrons. The van der Waals surface area contributed by atoms with E-state index >= 15 is 0 Å². The Labute approximate surface area is 178 Å². The molecule has 1 fully saturated rings. The van der Waals surface area contributed by atoms with Crippen molar-refractivity contribution in [3.8, 4) is 17.2 Å². The van der Waals surface area contributed by atoms with Crippen LogP contribution in [0, 0.1) is 0 Å². The summed E-state index contributed by atoms with van der Waals surface area (Å²) in [5.41, 5.74) is 1.98. The van der Waals surface area contributed by atoms with Crippen LogP contribution in [0.2, 0.25) is 0 Å². The summed E-state index contributed by atoms with van der Waals surface area (Å²) in [6, 6.07) is 13.1. The van der Waals surface area contributed by atoms with Crippen LogP contribution in [-0.2, 0) is 0 Å². The van der Waals surface area contributed by atoms with Crippen molar-refractivity contribution in [1.82, 2.24) is 10.2 Å². The lowest BCUT2D eigenvalue weighted by Gasteiger charge is -2.46. The van der Waals surface area contributed by atoms with E-state index in [0.717, 1.165) is 37.2 Å². The van der Waals surface area contributed by atoms with E-state index in [1.165, 1.54) is 0 Å². The number of nitrogens with one attached hydrogen (secondary N) is 1. The molecular weight excluding hydrogens is 378 g/mol. The van der Waals surface area contributed by atoms with E-state index in [1.807, 2.05) is 24.3 Å². The summed E-state index contributed by atoms with van der Waals surface area (Å²) in [4.78, 5) is 7.63. The Hall–Kier alpha value is -2.57. The third kappa shape index (κ3) is 4.02. The first-order valence-corrected chi connectivity index (χ1v) is 10.7. The number of phenolic OH excluding ortho intramolecular Hbond substituents is 2. The predicted octanol–water partition coefficient (Wildman–Crippen LogP) is 3.83. The molecule has 6 nitrogen and oxygen atoms in total. The highest BCUT2D eigenvalue weighted by molar-refractivity contribution is 6.04. The van der Waals surface area contributed by atoms with Crippen molar-refractivity contribution in [2.45, 2.75) is 50.9 Å². The van der Waals surface area contributed by atoms with Gasteiger partial charge in [0.1, 0.15) is 22.9 Å². The number of rotatable bonds is 4. The standard InChI is InChI=1S/C24H31N3O3/c1-16(2)27-12-10-24(11-13-27)25-20(18-6-4-5-7-22(18)28)15-21(26-24)19-14-17(30-3)8-9-23(19)29/h4-9,14,16,20,25,28-29H,10-13,15H2,1-3H3. The van der Waals surface area contributed by atoms with Crippen LogP contribution in [0.25, 0.3) is 0 Å². The maximum Gasteiger partial charge on any atom is 0.124 e. The first-order valence-electron chi connectivity index (χ1n) is 10.7. The van der Waals surface area contributed by atoms with Gasteiger partial charge in [-0.15, -0.1) is 0 Å². The normalized spacial score (nSPS) is 21.6. The van der Waals surface area contributed by atoms with Crippen LogP contribution in [0.1, 0.15) is 50.3 Å². The van der Waals surface area contributed by atoms with Crippen molar-refractivity contribution in [2.75, 3.05) is 20.2 Å². The summed E-state index contributed by atoms with van der Waals surface area (Å²) in [5, 5.41) is 24.8. The van der Waals surface area contributed by atoms with Gasteiger partial charge in [-0.25, -0.2) is 0 Å². The molecule has 6 heteroatoms.